The molecule has 328 valence electrons. The van der Waals surface area contributed by atoms with Crippen molar-refractivity contribution in [1.82, 2.24) is 19.7 Å². The van der Waals surface area contributed by atoms with Gasteiger partial charge in [0.15, 0.2) is 10.2 Å². The second kappa shape index (κ2) is 31.6. The summed E-state index contributed by atoms with van der Waals surface area (Å²) in [6.45, 7) is 8.51. The van der Waals surface area contributed by atoms with Crippen molar-refractivity contribution in [2.24, 2.45) is 5.73 Å². The minimum atomic E-state index is -0.773. The number of thiocarbonyl (C=S) groups is 1. The second-order valence-corrected chi connectivity index (χ2v) is 16.3. The molecule has 2 aliphatic heterocycles. The number of carboxylic acids is 1. The third-order valence-electron chi connectivity index (χ3n) is 9.01. The number of anilines is 1. The predicted octanol–water partition coefficient (Wildman–Crippen LogP) is 7.54. The van der Waals surface area contributed by atoms with Crippen LogP contribution in [0.25, 0.3) is 0 Å². The van der Waals surface area contributed by atoms with Crippen LogP contribution in [0.1, 0.15) is 35.2 Å². The van der Waals surface area contributed by atoms with Crippen molar-refractivity contribution in [2.75, 3.05) is 77.2 Å². The summed E-state index contributed by atoms with van der Waals surface area (Å²) < 4.78 is 0. The Bertz CT molecular complexity index is 1770. The van der Waals surface area contributed by atoms with E-state index < -0.39 is 5.97 Å². The standard InChI is InChI=1S/C16H20ClN3S.C10H10Cl2O.C9H9ClO2.C6H13N3S.H2O.2H3P/c1-19-8-10-20(11-9-19)16-18-15(12-21-16)7-4-13-2-5-14(17)6-3-13;11-7-10(13)6-3-8-1-4-9(12)5-2-8;10-8-4-1-7(2-5-8)3-6-9(11)12;1-8-2-4-9(5-3-8)6(7)10;;;/h2-3,5-6,12H,4,7-11H2,1H3;1-2,4-5H,3,6-7H2;1-2,4-5H,3,6H2,(H,11,12);2-5H2,1H3,(H2,7,10);1H2;2*1H3. The Morgan fingerprint density at radius 2 is 1.10 bits per heavy atom. The number of ketones is 1. The summed E-state index contributed by atoms with van der Waals surface area (Å²) in [5.74, 6) is -0.588. The summed E-state index contributed by atoms with van der Waals surface area (Å²) in [6, 6.07) is 22.8. The molecule has 3 heterocycles. The van der Waals surface area contributed by atoms with Gasteiger partial charge in [-0.2, -0.15) is 19.8 Å². The smallest absolute Gasteiger partial charge is 0.303 e. The summed E-state index contributed by atoms with van der Waals surface area (Å²) in [4.78, 5) is 35.0. The van der Waals surface area contributed by atoms with Gasteiger partial charge in [0.1, 0.15) is 5.78 Å². The van der Waals surface area contributed by atoms with Gasteiger partial charge in [0.05, 0.1) is 11.6 Å². The zero-order chi connectivity index (χ0) is 40.9. The molecule has 2 saturated heterocycles. The molecule has 6 rings (SSSR count). The molecular weight excluding hydrogens is 908 g/mol. The molecule has 2 aliphatic rings. The topological polar surface area (TPSA) is 138 Å². The van der Waals surface area contributed by atoms with Crippen molar-refractivity contribution >= 4 is 112 Å². The van der Waals surface area contributed by atoms with Gasteiger partial charge in [0.25, 0.3) is 0 Å². The molecule has 0 aliphatic carbocycles. The molecule has 0 radical (unpaired) electrons. The Kier molecular flexibility index (Phi) is 30.5. The lowest BCUT2D eigenvalue weighted by atomic mass is 10.1. The summed E-state index contributed by atoms with van der Waals surface area (Å²) in [5, 5.41) is 14.5. The van der Waals surface area contributed by atoms with E-state index >= 15 is 0 Å². The highest BCUT2D eigenvalue weighted by molar-refractivity contribution is 7.80. The average Bonchev–Trinajstić information content (AvgIpc) is 3.67. The zero-order valence-corrected chi connectivity index (χ0v) is 41.4. The normalized spacial score (nSPS) is 13.6. The molecule has 2 unspecified atom stereocenters. The van der Waals surface area contributed by atoms with Gasteiger partial charge in [-0.1, -0.05) is 71.2 Å². The predicted molar refractivity (Wildman–Crippen MR) is 265 cm³/mol. The fourth-order valence-electron chi connectivity index (χ4n) is 5.41. The molecule has 0 saturated carbocycles. The maximum atomic E-state index is 10.9. The summed E-state index contributed by atoms with van der Waals surface area (Å²) >= 11 is 29.3. The van der Waals surface area contributed by atoms with Crippen molar-refractivity contribution in [3.05, 3.63) is 116 Å². The molecule has 0 amide bonds. The Balaban J connectivity index is 0.000000781. The number of carboxylic acid groups (broad SMARTS) is 1. The van der Waals surface area contributed by atoms with Gasteiger partial charge in [-0.3, -0.25) is 9.59 Å². The largest absolute Gasteiger partial charge is 0.481 e. The number of aliphatic carboxylic acids is 1. The summed E-state index contributed by atoms with van der Waals surface area (Å²) in [6.07, 6.45) is 3.98. The van der Waals surface area contributed by atoms with Crippen molar-refractivity contribution < 1.29 is 20.2 Å². The lowest BCUT2D eigenvalue weighted by Gasteiger charge is -2.32. The number of carbonyl (C=O) groups excluding carboxylic acids is 1. The van der Waals surface area contributed by atoms with Crippen molar-refractivity contribution in [1.29, 1.82) is 0 Å². The monoisotopic (exact) mass is 966 g/mol. The number of alkyl halides is 1. The Morgan fingerprint density at radius 1 is 0.695 bits per heavy atom. The number of rotatable bonds is 11. The summed E-state index contributed by atoms with van der Waals surface area (Å²) in [5.41, 5.74) is 10.1. The van der Waals surface area contributed by atoms with Crippen LogP contribution in [0.2, 0.25) is 15.1 Å². The molecule has 10 nitrogen and oxygen atoms in total. The number of carbonyl (C=O) groups is 2. The first kappa shape index (κ1) is 56.8. The third-order valence-corrected chi connectivity index (χ3v) is 11.3. The third kappa shape index (κ3) is 24.2. The van der Waals surface area contributed by atoms with Gasteiger partial charge < -0.3 is 35.9 Å². The molecule has 2 atom stereocenters. The van der Waals surface area contributed by atoms with Crippen LogP contribution in [0.3, 0.4) is 0 Å². The maximum absolute atomic E-state index is 10.9. The van der Waals surface area contributed by atoms with E-state index in [4.69, 9.17) is 74.4 Å². The van der Waals surface area contributed by atoms with Crippen LogP contribution in [0, 0.1) is 0 Å². The van der Waals surface area contributed by atoms with Crippen molar-refractivity contribution in [3.63, 3.8) is 0 Å². The number of halogens is 4. The number of piperazine rings is 2. The number of likely N-dealkylation sites (N-methyl/N-ethyl adjacent to an activating group) is 2. The van der Waals surface area contributed by atoms with Crippen LogP contribution in [0.5, 0.6) is 0 Å². The van der Waals surface area contributed by atoms with Crippen LogP contribution in [-0.2, 0) is 35.3 Å². The molecule has 3 aromatic carbocycles. The summed E-state index contributed by atoms with van der Waals surface area (Å²) in [7, 11) is 4.29. The number of aromatic nitrogens is 1. The Morgan fingerprint density at radius 3 is 1.51 bits per heavy atom. The van der Waals surface area contributed by atoms with E-state index in [9.17, 15) is 9.59 Å². The first-order valence-electron chi connectivity index (χ1n) is 18.4. The van der Waals surface area contributed by atoms with Gasteiger partial charge >= 0.3 is 5.97 Å². The molecule has 5 N–H and O–H groups in total. The van der Waals surface area contributed by atoms with E-state index in [1.165, 1.54) is 16.4 Å². The van der Waals surface area contributed by atoms with Gasteiger partial charge in [-0.15, -0.1) is 22.9 Å². The Hall–Kier alpha value is -2.18. The lowest BCUT2D eigenvalue weighted by molar-refractivity contribution is -0.137. The average molecular weight is 969 g/mol. The number of thiazole rings is 1. The van der Waals surface area contributed by atoms with E-state index in [1.54, 1.807) is 23.5 Å². The molecule has 59 heavy (non-hydrogen) atoms. The highest BCUT2D eigenvalue weighted by Crippen LogP contribution is 2.23. The fraction of sp³-hybridized carbons (Fsp3) is 0.415. The van der Waals surface area contributed by atoms with Gasteiger partial charge in [-0.25, -0.2) is 4.98 Å². The number of Topliss-reactive ketones (excluding diaryl/α,β-unsaturated/α-hetero) is 1. The van der Waals surface area contributed by atoms with Crippen LogP contribution in [0.15, 0.2) is 78.2 Å². The van der Waals surface area contributed by atoms with E-state index in [0.717, 1.165) is 87.8 Å². The van der Waals surface area contributed by atoms with Gasteiger partial charge in [0.2, 0.25) is 0 Å². The van der Waals surface area contributed by atoms with Crippen LogP contribution >= 0.6 is 89.8 Å². The maximum Gasteiger partial charge on any atom is 0.303 e. The highest BCUT2D eigenvalue weighted by Gasteiger charge is 2.17. The fourth-order valence-corrected chi connectivity index (χ4v) is 7.02. The highest BCUT2D eigenvalue weighted by atomic mass is 35.5. The number of benzene rings is 3. The van der Waals surface area contributed by atoms with E-state index in [1.807, 2.05) is 53.4 Å². The number of hydrogen-bond acceptors (Lipinski definition) is 8. The Labute approximate surface area is 386 Å². The first-order chi connectivity index (χ1) is 26.8. The minimum absolute atomic E-state index is 0. The number of aryl methyl sites for hydroxylation is 4. The number of nitrogens with zero attached hydrogens (tertiary/aromatic N) is 5. The van der Waals surface area contributed by atoms with Crippen LogP contribution < -0.4 is 10.6 Å². The quantitative estimate of drug-likeness (QED) is 0.0882. The number of hydrogen-bond donors (Lipinski definition) is 2. The van der Waals surface area contributed by atoms with E-state index in [0.29, 0.717) is 28.0 Å². The van der Waals surface area contributed by atoms with E-state index in [2.05, 4.69) is 46.3 Å². The molecule has 1 aromatic heterocycles. The van der Waals surface area contributed by atoms with E-state index in [-0.39, 0.29) is 43.4 Å². The SMILES string of the molecule is CN1CCN(C(N)=S)CC1.CN1CCN(c2nc(CCc3ccc(Cl)cc3)cs2)CC1.O.O=C(CCl)CCc1ccc(Cl)cc1.O=C(O)CCc1ccc(Cl)cc1.P.P. The minimum Gasteiger partial charge on any atom is -0.481 e. The van der Waals surface area contributed by atoms with Crippen molar-refractivity contribution in [2.45, 2.75) is 38.5 Å². The second-order valence-electron chi connectivity index (χ2n) is 13.5. The van der Waals surface area contributed by atoms with Crippen LogP contribution in [-0.4, -0.2) is 119 Å². The molecule has 0 spiro atoms. The number of nitrogens with two attached hydrogens (primary N) is 1. The lowest BCUT2D eigenvalue weighted by Crippen LogP contribution is -2.48. The van der Waals surface area contributed by atoms with Gasteiger partial charge in [-0.05, 0) is 105 Å². The molecule has 18 heteroatoms. The molecule has 4 aromatic rings. The first-order valence-corrected chi connectivity index (χ1v) is 21.4. The van der Waals surface area contributed by atoms with Gasteiger partial charge in [0, 0.05) is 85.6 Å². The van der Waals surface area contributed by atoms with Crippen LogP contribution in [0.4, 0.5) is 5.13 Å². The molecular formula is C41H60Cl4N6O4P2S2. The molecule has 2 fully saturated rings. The zero-order valence-electron chi connectivity index (χ0n) is 33.9. The van der Waals surface area contributed by atoms with Crippen molar-refractivity contribution in [3.8, 4) is 0 Å². The molecule has 0 bridgehead atoms.